The van der Waals surface area contributed by atoms with Crippen LogP contribution in [0.2, 0.25) is 5.02 Å². The summed E-state index contributed by atoms with van der Waals surface area (Å²) >= 11 is 6.09. The molecule has 3 aromatic rings. The zero-order chi connectivity index (χ0) is 19.7. The smallest absolute Gasteiger partial charge is 0.293 e. The van der Waals surface area contributed by atoms with Gasteiger partial charge in [0.05, 0.1) is 17.7 Å². The predicted octanol–water partition coefficient (Wildman–Crippen LogP) is 3.18. The van der Waals surface area contributed by atoms with Gasteiger partial charge in [0.2, 0.25) is 5.82 Å². The van der Waals surface area contributed by atoms with E-state index in [4.69, 9.17) is 11.6 Å². The Bertz CT molecular complexity index is 1070. The highest BCUT2D eigenvalue weighted by Crippen LogP contribution is 2.28. The quantitative estimate of drug-likeness (QED) is 0.688. The molecule has 0 spiro atoms. The summed E-state index contributed by atoms with van der Waals surface area (Å²) in [7, 11) is 0. The van der Waals surface area contributed by atoms with E-state index >= 15 is 0 Å². The Kier molecular flexibility index (Phi) is 4.58. The van der Waals surface area contributed by atoms with Crippen LogP contribution in [0.15, 0.2) is 60.9 Å². The van der Waals surface area contributed by atoms with E-state index in [-0.39, 0.29) is 24.2 Å². The maximum Gasteiger partial charge on any atom is 0.293 e. The molecule has 0 atom stereocenters. The van der Waals surface area contributed by atoms with Crippen LogP contribution in [-0.4, -0.2) is 32.6 Å². The topological polar surface area (TPSA) is 92.3 Å². The van der Waals surface area contributed by atoms with Gasteiger partial charge < -0.3 is 5.32 Å². The largest absolute Gasteiger partial charge is 0.319 e. The van der Waals surface area contributed by atoms with Crippen molar-refractivity contribution in [2.24, 2.45) is 0 Å². The first-order valence-electron chi connectivity index (χ1n) is 8.36. The number of nitrogens with one attached hydrogen (secondary N) is 1. The number of rotatable bonds is 4. The highest BCUT2D eigenvalue weighted by molar-refractivity contribution is 6.30. The van der Waals surface area contributed by atoms with Gasteiger partial charge in [-0.25, -0.2) is 9.97 Å². The second kappa shape index (κ2) is 7.21. The van der Waals surface area contributed by atoms with Gasteiger partial charge in [-0.1, -0.05) is 23.7 Å². The minimum Gasteiger partial charge on any atom is -0.319 e. The molecule has 7 nitrogen and oxygen atoms in total. The lowest BCUT2D eigenvalue weighted by molar-refractivity contribution is 0.0642. The number of imide groups is 1. The van der Waals surface area contributed by atoms with Gasteiger partial charge in [0, 0.05) is 23.1 Å². The molecule has 1 N–H and O–H groups in total. The van der Waals surface area contributed by atoms with Gasteiger partial charge in [-0.3, -0.25) is 19.3 Å². The van der Waals surface area contributed by atoms with Crippen molar-refractivity contribution < 1.29 is 14.4 Å². The monoisotopic (exact) mass is 392 g/mol. The molecule has 138 valence electrons. The van der Waals surface area contributed by atoms with Gasteiger partial charge in [0.1, 0.15) is 0 Å². The Hall–Kier alpha value is -3.58. The van der Waals surface area contributed by atoms with Crippen molar-refractivity contribution in [3.8, 4) is 0 Å². The lowest BCUT2D eigenvalue weighted by Gasteiger charge is -2.17. The third-order valence-corrected chi connectivity index (χ3v) is 4.53. The van der Waals surface area contributed by atoms with Gasteiger partial charge in [-0.15, -0.1) is 0 Å². The SMILES string of the molecule is O=C(Nc1ccc(Cl)cc1CN1C(=O)c2ccccc2C1=O)c1ncccn1. The van der Waals surface area contributed by atoms with Gasteiger partial charge in [-0.2, -0.15) is 0 Å². The molecule has 28 heavy (non-hydrogen) atoms. The van der Waals surface area contributed by atoms with Crippen molar-refractivity contribution in [3.63, 3.8) is 0 Å². The maximum atomic E-state index is 12.6. The van der Waals surface area contributed by atoms with E-state index < -0.39 is 5.91 Å². The Morgan fingerprint density at radius 2 is 1.61 bits per heavy atom. The number of carbonyl (C=O) groups is 3. The van der Waals surface area contributed by atoms with Crippen LogP contribution >= 0.6 is 11.6 Å². The molecule has 4 rings (SSSR count). The number of carbonyl (C=O) groups excluding carboxylic acids is 3. The molecule has 2 aromatic carbocycles. The average molecular weight is 393 g/mol. The second-order valence-electron chi connectivity index (χ2n) is 6.07. The molecule has 1 aromatic heterocycles. The van der Waals surface area contributed by atoms with Crippen LogP contribution < -0.4 is 5.32 Å². The lowest BCUT2D eigenvalue weighted by atomic mass is 10.1. The van der Waals surface area contributed by atoms with Crippen molar-refractivity contribution in [1.82, 2.24) is 14.9 Å². The highest BCUT2D eigenvalue weighted by Gasteiger charge is 2.35. The van der Waals surface area contributed by atoms with E-state index in [1.54, 1.807) is 48.5 Å². The molecule has 8 heteroatoms. The number of halogens is 1. The molecular formula is C20H13ClN4O3. The summed E-state index contributed by atoms with van der Waals surface area (Å²) in [6.07, 6.45) is 2.92. The average Bonchev–Trinajstić information content (AvgIpc) is 2.96. The Morgan fingerprint density at radius 3 is 2.25 bits per heavy atom. The predicted molar refractivity (Wildman–Crippen MR) is 102 cm³/mol. The molecule has 1 aliphatic rings. The standard InChI is InChI=1S/C20H13ClN4O3/c21-13-6-7-16(24-18(26)17-22-8-3-9-23-17)12(10-13)11-25-19(27)14-4-1-2-5-15(14)20(25)28/h1-10H,11H2,(H,24,26). The molecule has 0 fully saturated rings. The van der Waals surface area contributed by atoms with Crippen LogP contribution in [0.3, 0.4) is 0 Å². The molecule has 3 amide bonds. The first kappa shape index (κ1) is 17.8. The number of amides is 3. The van der Waals surface area contributed by atoms with E-state index in [2.05, 4.69) is 15.3 Å². The summed E-state index contributed by atoms with van der Waals surface area (Å²) in [5, 5.41) is 3.12. The van der Waals surface area contributed by atoms with Gasteiger partial charge >= 0.3 is 0 Å². The van der Waals surface area contributed by atoms with E-state index in [9.17, 15) is 14.4 Å². The lowest BCUT2D eigenvalue weighted by Crippen LogP contribution is -2.29. The molecular weight excluding hydrogens is 380 g/mol. The number of anilines is 1. The number of hydrogen-bond donors (Lipinski definition) is 1. The normalized spacial score (nSPS) is 12.8. The number of benzene rings is 2. The molecule has 2 heterocycles. The van der Waals surface area contributed by atoms with Crippen LogP contribution in [0.25, 0.3) is 0 Å². The summed E-state index contributed by atoms with van der Waals surface area (Å²) in [5.74, 6) is -1.27. The first-order chi connectivity index (χ1) is 13.5. The highest BCUT2D eigenvalue weighted by atomic mass is 35.5. The van der Waals surface area contributed by atoms with E-state index in [0.717, 1.165) is 4.90 Å². The molecule has 0 unspecified atom stereocenters. The van der Waals surface area contributed by atoms with Crippen molar-refractivity contribution >= 4 is 35.0 Å². The minimum atomic E-state index is -0.508. The van der Waals surface area contributed by atoms with Crippen molar-refractivity contribution in [2.75, 3.05) is 5.32 Å². The molecule has 0 bridgehead atoms. The summed E-state index contributed by atoms with van der Waals surface area (Å²) in [5.41, 5.74) is 1.65. The summed E-state index contributed by atoms with van der Waals surface area (Å²) in [6.45, 7) is -0.0296. The molecule has 0 saturated heterocycles. The van der Waals surface area contributed by atoms with Crippen LogP contribution in [0.5, 0.6) is 0 Å². The number of nitrogens with zero attached hydrogens (tertiary/aromatic N) is 3. The Morgan fingerprint density at radius 1 is 0.964 bits per heavy atom. The Balaban J connectivity index is 1.62. The van der Waals surface area contributed by atoms with E-state index in [0.29, 0.717) is 27.4 Å². The number of fused-ring (bicyclic) bond motifs is 1. The van der Waals surface area contributed by atoms with Crippen LogP contribution in [-0.2, 0) is 6.54 Å². The molecule has 0 aliphatic carbocycles. The third kappa shape index (κ3) is 3.23. The van der Waals surface area contributed by atoms with Gasteiger partial charge in [-0.05, 0) is 42.0 Å². The van der Waals surface area contributed by atoms with E-state index in [1.165, 1.54) is 12.4 Å². The maximum absolute atomic E-state index is 12.6. The fourth-order valence-corrected chi connectivity index (χ4v) is 3.16. The van der Waals surface area contributed by atoms with Crippen molar-refractivity contribution in [1.29, 1.82) is 0 Å². The molecule has 1 aliphatic heterocycles. The third-order valence-electron chi connectivity index (χ3n) is 4.29. The summed E-state index contributed by atoms with van der Waals surface area (Å²) in [4.78, 5) is 46.6. The van der Waals surface area contributed by atoms with E-state index in [1.807, 2.05) is 0 Å². The van der Waals surface area contributed by atoms with Gasteiger partial charge in [0.15, 0.2) is 0 Å². The zero-order valence-electron chi connectivity index (χ0n) is 14.4. The summed E-state index contributed by atoms with van der Waals surface area (Å²) in [6, 6.07) is 13.1. The minimum absolute atomic E-state index is 0.00382. The summed E-state index contributed by atoms with van der Waals surface area (Å²) < 4.78 is 0. The second-order valence-corrected chi connectivity index (χ2v) is 6.51. The Labute approximate surface area is 165 Å². The first-order valence-corrected chi connectivity index (χ1v) is 8.74. The molecule has 0 saturated carbocycles. The van der Waals surface area contributed by atoms with Crippen LogP contribution in [0, 0.1) is 0 Å². The fourth-order valence-electron chi connectivity index (χ4n) is 2.96. The fraction of sp³-hybridized carbons (Fsp3) is 0.0500. The zero-order valence-corrected chi connectivity index (χ0v) is 15.2. The molecule has 0 radical (unpaired) electrons. The van der Waals surface area contributed by atoms with Gasteiger partial charge in [0.25, 0.3) is 17.7 Å². The van der Waals surface area contributed by atoms with Crippen LogP contribution in [0.4, 0.5) is 5.69 Å². The number of aromatic nitrogens is 2. The van der Waals surface area contributed by atoms with Crippen molar-refractivity contribution in [3.05, 3.63) is 88.5 Å². The van der Waals surface area contributed by atoms with Crippen LogP contribution in [0.1, 0.15) is 36.9 Å². The number of hydrogen-bond acceptors (Lipinski definition) is 5. The van der Waals surface area contributed by atoms with Crippen molar-refractivity contribution in [2.45, 2.75) is 6.54 Å².